The standard InChI is InChI=1S/C19H26BrN5O/c1-24(2)18-8-9-21-19(23-18)22-15-5-4-10-25(13-15)12-14-6-7-17(26-3)16(20)11-14/h6-9,11,15H,4-5,10,12-13H2,1-3H3,(H,21,22,23). The predicted octanol–water partition coefficient (Wildman–Crippen LogP) is 3.39. The fourth-order valence-corrected chi connectivity index (χ4v) is 3.82. The number of ether oxygens (including phenoxy) is 1. The van der Waals surface area contributed by atoms with Crippen LogP contribution in [-0.4, -0.2) is 55.2 Å². The van der Waals surface area contributed by atoms with E-state index in [9.17, 15) is 0 Å². The lowest BCUT2D eigenvalue weighted by molar-refractivity contribution is 0.208. The summed E-state index contributed by atoms with van der Waals surface area (Å²) in [6.45, 7) is 3.03. The van der Waals surface area contributed by atoms with Crippen LogP contribution in [-0.2, 0) is 6.54 Å². The minimum absolute atomic E-state index is 0.364. The van der Waals surface area contributed by atoms with Crippen molar-refractivity contribution < 1.29 is 4.74 Å². The van der Waals surface area contributed by atoms with Gasteiger partial charge in [-0.05, 0) is 59.1 Å². The summed E-state index contributed by atoms with van der Waals surface area (Å²) in [4.78, 5) is 13.4. The van der Waals surface area contributed by atoms with Crippen molar-refractivity contribution in [2.45, 2.75) is 25.4 Å². The molecule has 7 heteroatoms. The average molecular weight is 420 g/mol. The van der Waals surface area contributed by atoms with Gasteiger partial charge in [-0.25, -0.2) is 4.98 Å². The number of anilines is 2. The minimum atomic E-state index is 0.364. The van der Waals surface area contributed by atoms with Crippen molar-refractivity contribution in [3.8, 4) is 5.75 Å². The summed E-state index contributed by atoms with van der Waals surface area (Å²) in [7, 11) is 5.66. The van der Waals surface area contributed by atoms with Crippen LogP contribution in [0.5, 0.6) is 5.75 Å². The number of likely N-dealkylation sites (tertiary alicyclic amines) is 1. The van der Waals surface area contributed by atoms with E-state index in [4.69, 9.17) is 4.74 Å². The van der Waals surface area contributed by atoms with E-state index in [0.717, 1.165) is 42.1 Å². The number of piperidine rings is 1. The van der Waals surface area contributed by atoms with Crippen molar-refractivity contribution in [2.24, 2.45) is 0 Å². The molecule has 0 saturated carbocycles. The maximum Gasteiger partial charge on any atom is 0.224 e. The number of hydrogen-bond donors (Lipinski definition) is 1. The smallest absolute Gasteiger partial charge is 0.224 e. The van der Waals surface area contributed by atoms with E-state index in [1.54, 1.807) is 13.3 Å². The summed E-state index contributed by atoms with van der Waals surface area (Å²) < 4.78 is 6.31. The molecule has 1 aromatic carbocycles. The Balaban J connectivity index is 1.60. The molecular formula is C19H26BrN5O. The minimum Gasteiger partial charge on any atom is -0.496 e. The Labute approximate surface area is 163 Å². The quantitative estimate of drug-likeness (QED) is 0.774. The summed E-state index contributed by atoms with van der Waals surface area (Å²) in [6.07, 6.45) is 4.11. The number of benzene rings is 1. The monoisotopic (exact) mass is 419 g/mol. The summed E-state index contributed by atoms with van der Waals surface area (Å²) in [5.74, 6) is 2.48. The van der Waals surface area contributed by atoms with E-state index in [1.807, 2.05) is 31.1 Å². The van der Waals surface area contributed by atoms with E-state index in [1.165, 1.54) is 12.0 Å². The van der Waals surface area contributed by atoms with Gasteiger partial charge in [0.1, 0.15) is 11.6 Å². The molecule has 3 rings (SSSR count). The zero-order chi connectivity index (χ0) is 18.5. The van der Waals surface area contributed by atoms with E-state index in [-0.39, 0.29) is 0 Å². The number of aromatic nitrogens is 2. The molecule has 1 atom stereocenters. The molecule has 140 valence electrons. The number of nitrogens with one attached hydrogen (secondary N) is 1. The van der Waals surface area contributed by atoms with Crippen LogP contribution in [0.3, 0.4) is 0 Å². The van der Waals surface area contributed by atoms with Crippen LogP contribution in [0, 0.1) is 0 Å². The fraction of sp³-hybridized carbons (Fsp3) is 0.474. The molecule has 26 heavy (non-hydrogen) atoms. The lowest BCUT2D eigenvalue weighted by atomic mass is 10.0. The number of nitrogens with zero attached hydrogens (tertiary/aromatic N) is 4. The zero-order valence-corrected chi connectivity index (χ0v) is 17.2. The van der Waals surface area contributed by atoms with E-state index in [2.05, 4.69) is 48.2 Å². The van der Waals surface area contributed by atoms with Crippen LogP contribution < -0.4 is 15.0 Å². The molecule has 1 unspecified atom stereocenters. The lowest BCUT2D eigenvalue weighted by Gasteiger charge is -2.33. The Morgan fingerprint density at radius 3 is 2.92 bits per heavy atom. The largest absolute Gasteiger partial charge is 0.496 e. The van der Waals surface area contributed by atoms with Crippen molar-refractivity contribution in [3.63, 3.8) is 0 Å². The molecule has 0 aliphatic carbocycles. The molecule has 1 aliphatic heterocycles. The molecular weight excluding hydrogens is 394 g/mol. The zero-order valence-electron chi connectivity index (χ0n) is 15.6. The maximum absolute atomic E-state index is 5.31. The Bertz CT molecular complexity index is 740. The van der Waals surface area contributed by atoms with Crippen LogP contribution >= 0.6 is 15.9 Å². The Morgan fingerprint density at radius 1 is 1.35 bits per heavy atom. The van der Waals surface area contributed by atoms with E-state index < -0.39 is 0 Å². The molecule has 6 nitrogen and oxygen atoms in total. The van der Waals surface area contributed by atoms with E-state index in [0.29, 0.717) is 12.0 Å². The molecule has 1 N–H and O–H groups in total. The van der Waals surface area contributed by atoms with Crippen molar-refractivity contribution in [3.05, 3.63) is 40.5 Å². The molecule has 0 radical (unpaired) electrons. The Kier molecular flexibility index (Phi) is 6.32. The molecule has 1 saturated heterocycles. The second-order valence-electron chi connectivity index (χ2n) is 6.82. The summed E-state index contributed by atoms with van der Waals surface area (Å²) >= 11 is 3.57. The molecule has 2 aromatic rings. The Hall–Kier alpha value is -1.86. The van der Waals surface area contributed by atoms with Gasteiger partial charge in [-0.3, -0.25) is 4.90 Å². The third kappa shape index (κ3) is 4.86. The first kappa shape index (κ1) is 18.9. The highest BCUT2D eigenvalue weighted by Crippen LogP contribution is 2.26. The normalized spacial score (nSPS) is 17.8. The number of hydrogen-bond acceptors (Lipinski definition) is 6. The number of halogens is 1. The SMILES string of the molecule is COc1ccc(CN2CCCC(Nc3nccc(N(C)C)n3)C2)cc1Br. The van der Waals surface area contributed by atoms with Gasteiger partial charge in [-0.2, -0.15) is 4.98 Å². The van der Waals surface area contributed by atoms with Gasteiger partial charge >= 0.3 is 0 Å². The molecule has 2 heterocycles. The summed E-state index contributed by atoms with van der Waals surface area (Å²) in [5.41, 5.74) is 1.28. The van der Waals surface area contributed by atoms with Crippen LogP contribution in [0.1, 0.15) is 18.4 Å². The maximum atomic E-state index is 5.31. The highest BCUT2D eigenvalue weighted by molar-refractivity contribution is 9.10. The van der Waals surface area contributed by atoms with Gasteiger partial charge in [0.05, 0.1) is 11.6 Å². The van der Waals surface area contributed by atoms with Crippen LogP contribution in [0.15, 0.2) is 34.9 Å². The van der Waals surface area contributed by atoms with Crippen molar-refractivity contribution in [2.75, 3.05) is 44.5 Å². The van der Waals surface area contributed by atoms with Gasteiger partial charge in [0.2, 0.25) is 5.95 Å². The number of rotatable bonds is 6. The van der Waals surface area contributed by atoms with Crippen LogP contribution in [0.2, 0.25) is 0 Å². The molecule has 1 aliphatic rings. The number of methoxy groups -OCH3 is 1. The highest BCUT2D eigenvalue weighted by Gasteiger charge is 2.21. The van der Waals surface area contributed by atoms with Gasteiger partial charge in [0.15, 0.2) is 0 Å². The highest BCUT2D eigenvalue weighted by atomic mass is 79.9. The van der Waals surface area contributed by atoms with Gasteiger partial charge in [-0.15, -0.1) is 0 Å². The fourth-order valence-electron chi connectivity index (χ4n) is 3.23. The first-order valence-electron chi connectivity index (χ1n) is 8.87. The van der Waals surface area contributed by atoms with Gasteiger partial charge in [0.25, 0.3) is 0 Å². The molecule has 0 bridgehead atoms. The van der Waals surface area contributed by atoms with Gasteiger partial charge < -0.3 is 15.0 Å². The molecule has 1 fully saturated rings. The second-order valence-corrected chi connectivity index (χ2v) is 7.67. The Morgan fingerprint density at radius 2 is 2.19 bits per heavy atom. The van der Waals surface area contributed by atoms with Crippen molar-refractivity contribution >= 4 is 27.7 Å². The summed E-state index contributed by atoms with van der Waals surface area (Å²) in [5, 5.41) is 3.50. The van der Waals surface area contributed by atoms with Crippen LogP contribution in [0.25, 0.3) is 0 Å². The first-order valence-corrected chi connectivity index (χ1v) is 9.66. The van der Waals surface area contributed by atoms with E-state index >= 15 is 0 Å². The van der Waals surface area contributed by atoms with Gasteiger partial charge in [0, 0.05) is 39.4 Å². The second kappa shape index (κ2) is 8.68. The molecule has 0 spiro atoms. The topological polar surface area (TPSA) is 53.5 Å². The average Bonchev–Trinajstić information content (AvgIpc) is 2.62. The third-order valence-electron chi connectivity index (χ3n) is 4.56. The summed E-state index contributed by atoms with van der Waals surface area (Å²) in [6, 6.07) is 8.56. The third-order valence-corrected chi connectivity index (χ3v) is 5.18. The van der Waals surface area contributed by atoms with Crippen LogP contribution in [0.4, 0.5) is 11.8 Å². The van der Waals surface area contributed by atoms with Crippen molar-refractivity contribution in [1.29, 1.82) is 0 Å². The predicted molar refractivity (Wildman–Crippen MR) is 109 cm³/mol. The molecule has 1 aromatic heterocycles. The van der Waals surface area contributed by atoms with Gasteiger partial charge in [-0.1, -0.05) is 6.07 Å². The lowest BCUT2D eigenvalue weighted by Crippen LogP contribution is -2.41. The first-order chi connectivity index (χ1) is 12.5. The van der Waals surface area contributed by atoms with Crippen molar-refractivity contribution in [1.82, 2.24) is 14.9 Å². The molecule has 0 amide bonds.